The van der Waals surface area contributed by atoms with E-state index in [1.807, 2.05) is 25.1 Å². The minimum Gasteiger partial charge on any atom is -0.468 e. The zero-order valence-corrected chi connectivity index (χ0v) is 11.4. The molecule has 0 fully saturated rings. The number of anilines is 1. The Bertz CT molecular complexity index is 492. The van der Waals surface area contributed by atoms with Gasteiger partial charge in [0.15, 0.2) is 0 Å². The van der Waals surface area contributed by atoms with Crippen LogP contribution < -0.4 is 10.6 Å². The van der Waals surface area contributed by atoms with Gasteiger partial charge >= 0.3 is 5.97 Å². The zero-order chi connectivity index (χ0) is 13.5. The van der Waals surface area contributed by atoms with E-state index in [-0.39, 0.29) is 11.7 Å². The molecule has 1 rings (SSSR count). The monoisotopic (exact) mass is 265 g/mol. The number of methoxy groups -OCH3 is 1. The highest BCUT2D eigenvalue weighted by atomic mass is 32.2. The fourth-order valence-electron chi connectivity index (χ4n) is 1.29. The topological polar surface area (TPSA) is 68.5 Å². The van der Waals surface area contributed by atoms with Gasteiger partial charge in [-0.15, -0.1) is 0 Å². The molecule has 18 heavy (non-hydrogen) atoms. The van der Waals surface area contributed by atoms with Crippen molar-refractivity contribution in [2.75, 3.05) is 31.9 Å². The number of nitrogens with two attached hydrogens (primary N) is 1. The summed E-state index contributed by atoms with van der Waals surface area (Å²) in [5, 5.41) is 0.671. The van der Waals surface area contributed by atoms with Gasteiger partial charge in [-0.1, -0.05) is 11.8 Å². The average molecular weight is 265 g/mol. The smallest absolute Gasteiger partial charge is 0.316 e. The van der Waals surface area contributed by atoms with Crippen LogP contribution in [0, 0.1) is 12.0 Å². The molecule has 96 valence electrons. The first-order chi connectivity index (χ1) is 8.60. The van der Waals surface area contributed by atoms with Crippen LogP contribution in [-0.2, 0) is 9.53 Å². The Balaban J connectivity index is 3.05. The largest absolute Gasteiger partial charge is 0.468 e. The minimum atomic E-state index is -0.302. The van der Waals surface area contributed by atoms with Gasteiger partial charge < -0.3 is 15.4 Å². The van der Waals surface area contributed by atoms with Crippen LogP contribution in [0.2, 0.25) is 0 Å². The Hall–Kier alpha value is -1.87. The van der Waals surface area contributed by atoms with E-state index in [2.05, 4.69) is 21.7 Å². The molecule has 0 aromatic carbocycles. The molecule has 6 heteroatoms. The van der Waals surface area contributed by atoms with E-state index in [1.165, 1.54) is 18.9 Å². The van der Waals surface area contributed by atoms with Crippen molar-refractivity contribution in [1.29, 1.82) is 0 Å². The molecular weight excluding hydrogens is 250 g/mol. The third kappa shape index (κ3) is 3.57. The lowest BCUT2D eigenvalue weighted by Gasteiger charge is -2.16. The van der Waals surface area contributed by atoms with Gasteiger partial charge in [-0.25, -0.2) is 4.98 Å². The Labute approximate surface area is 111 Å². The van der Waals surface area contributed by atoms with Crippen molar-refractivity contribution >= 4 is 23.4 Å². The number of nitrogens with zero attached hydrogens (tertiary/aromatic N) is 2. The summed E-state index contributed by atoms with van der Waals surface area (Å²) in [4.78, 5) is 17.3. The van der Waals surface area contributed by atoms with Crippen molar-refractivity contribution in [3.8, 4) is 12.0 Å². The van der Waals surface area contributed by atoms with E-state index in [9.17, 15) is 4.79 Å². The van der Waals surface area contributed by atoms with E-state index in [0.29, 0.717) is 5.03 Å². The molecule has 0 unspecified atom stereocenters. The number of hydrogen-bond donors (Lipinski definition) is 1. The number of pyridine rings is 1. The fraction of sp³-hybridized carbons (Fsp3) is 0.333. The summed E-state index contributed by atoms with van der Waals surface area (Å²) in [6.07, 6.45) is 1.68. The minimum absolute atomic E-state index is 0.194. The highest BCUT2D eigenvalue weighted by Crippen LogP contribution is 2.27. The second-order valence-corrected chi connectivity index (χ2v) is 4.50. The fourth-order valence-corrected chi connectivity index (χ4v) is 2.10. The highest BCUT2D eigenvalue weighted by Gasteiger charge is 2.12. The molecule has 0 aliphatic carbocycles. The van der Waals surface area contributed by atoms with Crippen LogP contribution in [0.5, 0.6) is 0 Å². The second kappa shape index (κ2) is 6.77. The molecule has 0 aliphatic heterocycles. The van der Waals surface area contributed by atoms with Crippen molar-refractivity contribution in [2.24, 2.45) is 5.73 Å². The van der Waals surface area contributed by atoms with Gasteiger partial charge in [0.25, 0.3) is 0 Å². The third-order valence-electron chi connectivity index (χ3n) is 2.13. The Morgan fingerprint density at radius 2 is 2.33 bits per heavy atom. The predicted molar refractivity (Wildman–Crippen MR) is 72.4 cm³/mol. The van der Waals surface area contributed by atoms with Crippen molar-refractivity contribution in [3.63, 3.8) is 0 Å². The zero-order valence-electron chi connectivity index (χ0n) is 10.6. The maximum Gasteiger partial charge on any atom is 0.316 e. The average Bonchev–Trinajstić information content (AvgIpc) is 2.36. The third-order valence-corrected chi connectivity index (χ3v) is 3.09. The van der Waals surface area contributed by atoms with Gasteiger partial charge in [0.2, 0.25) is 0 Å². The summed E-state index contributed by atoms with van der Waals surface area (Å²) in [6, 6.07) is 4.22. The molecule has 1 heterocycles. The lowest BCUT2D eigenvalue weighted by atomic mass is 10.2. The Morgan fingerprint density at radius 1 is 1.61 bits per heavy atom. The number of esters is 1. The highest BCUT2D eigenvalue weighted by molar-refractivity contribution is 7.99. The molecule has 0 bridgehead atoms. The number of hydrogen-bond acceptors (Lipinski definition) is 6. The van der Waals surface area contributed by atoms with Crippen LogP contribution in [0.1, 0.15) is 5.56 Å². The molecule has 0 saturated carbocycles. The molecule has 0 saturated heterocycles. The second-order valence-electron chi connectivity index (χ2n) is 3.54. The summed E-state index contributed by atoms with van der Waals surface area (Å²) in [6.45, 7) is 0. The molecule has 0 aliphatic rings. The van der Waals surface area contributed by atoms with Crippen LogP contribution in [0.3, 0.4) is 0 Å². The molecule has 1 aromatic rings. The molecule has 1 aromatic heterocycles. The summed E-state index contributed by atoms with van der Waals surface area (Å²) >= 11 is 1.28. The number of rotatable bonds is 4. The van der Waals surface area contributed by atoms with Crippen molar-refractivity contribution in [1.82, 2.24) is 4.98 Å². The van der Waals surface area contributed by atoms with Gasteiger partial charge in [0.05, 0.1) is 24.1 Å². The van der Waals surface area contributed by atoms with E-state index < -0.39 is 0 Å². The van der Waals surface area contributed by atoms with Gasteiger partial charge in [-0.2, -0.15) is 0 Å². The molecule has 0 spiro atoms. The molecule has 2 N–H and O–H groups in total. The number of carbonyl (C=O) groups is 1. The van der Waals surface area contributed by atoms with E-state index in [1.54, 1.807) is 6.20 Å². The first-order valence-corrected chi connectivity index (χ1v) is 6.16. The van der Waals surface area contributed by atoms with Gasteiger partial charge in [-0.05, 0) is 12.0 Å². The number of ether oxygens (including phenoxy) is 1. The molecule has 5 nitrogen and oxygen atoms in total. The summed E-state index contributed by atoms with van der Waals surface area (Å²) in [7, 11) is 5.17. The normalized spacial score (nSPS) is 9.28. The predicted octanol–water partition coefficient (Wildman–Crippen LogP) is 0.680. The van der Waals surface area contributed by atoms with Crippen LogP contribution in [-0.4, -0.2) is 37.9 Å². The van der Waals surface area contributed by atoms with Gasteiger partial charge in [-0.3, -0.25) is 4.79 Å². The van der Waals surface area contributed by atoms with E-state index in [4.69, 9.17) is 5.73 Å². The van der Waals surface area contributed by atoms with Crippen molar-refractivity contribution < 1.29 is 9.53 Å². The van der Waals surface area contributed by atoms with Crippen LogP contribution in [0.15, 0.2) is 17.3 Å². The van der Waals surface area contributed by atoms with E-state index in [0.717, 1.165) is 11.3 Å². The lowest BCUT2D eigenvalue weighted by molar-refractivity contribution is -0.137. The number of carbonyl (C=O) groups excluding carboxylic acids is 1. The lowest BCUT2D eigenvalue weighted by Crippen LogP contribution is -2.12. The van der Waals surface area contributed by atoms with Gasteiger partial charge in [0.1, 0.15) is 5.03 Å². The van der Waals surface area contributed by atoms with Crippen LogP contribution in [0.25, 0.3) is 0 Å². The maximum atomic E-state index is 11.1. The SMILES string of the molecule is COC(=O)CSc1nccc(N(C)C)c1C#CN. The summed E-state index contributed by atoms with van der Waals surface area (Å²) < 4.78 is 4.59. The number of aromatic nitrogens is 1. The van der Waals surface area contributed by atoms with Crippen LogP contribution in [0.4, 0.5) is 5.69 Å². The van der Waals surface area contributed by atoms with Crippen molar-refractivity contribution in [3.05, 3.63) is 17.8 Å². The summed E-state index contributed by atoms with van der Waals surface area (Å²) in [5.74, 6) is 2.71. The first-order valence-electron chi connectivity index (χ1n) is 5.17. The molecule has 0 radical (unpaired) electrons. The van der Waals surface area contributed by atoms with E-state index >= 15 is 0 Å². The Morgan fingerprint density at radius 3 is 2.89 bits per heavy atom. The summed E-state index contributed by atoms with van der Waals surface area (Å²) in [5.41, 5.74) is 6.91. The van der Waals surface area contributed by atoms with Gasteiger partial charge in [0, 0.05) is 26.3 Å². The van der Waals surface area contributed by atoms with Crippen LogP contribution >= 0.6 is 11.8 Å². The molecule has 0 atom stereocenters. The van der Waals surface area contributed by atoms with Crippen molar-refractivity contribution in [2.45, 2.75) is 5.03 Å². The Kier molecular flexibility index (Phi) is 5.33. The standard InChI is InChI=1S/C12H15N3O2S/c1-15(2)10-5-7-14-12(9(10)4-6-13)18-8-11(16)17-3/h5,7H,8,13H2,1-3H3. The first kappa shape index (κ1) is 14.2. The quantitative estimate of drug-likeness (QED) is 0.374. The maximum absolute atomic E-state index is 11.1. The molecule has 0 amide bonds. The molecular formula is C12H15N3O2S. The number of thioether (sulfide) groups is 1.